The number of carbonyl (C=O) groups excluding carboxylic acids is 2. The number of nitrogens with one attached hydrogen (secondary N) is 1. The minimum absolute atomic E-state index is 0.241. The van der Waals surface area contributed by atoms with E-state index in [2.05, 4.69) is 9.57 Å². The molecule has 1 saturated carbocycles. The van der Waals surface area contributed by atoms with Crippen LogP contribution in [0.5, 0.6) is 0 Å². The van der Waals surface area contributed by atoms with Crippen LogP contribution in [0.4, 0.5) is 0 Å². The van der Waals surface area contributed by atoms with Crippen LogP contribution in [-0.2, 0) is 19.2 Å². The van der Waals surface area contributed by atoms with Gasteiger partial charge in [-0.1, -0.05) is 32.1 Å². The van der Waals surface area contributed by atoms with E-state index >= 15 is 0 Å². The SMILES string of the molecule is CCOC(=O)CONC(=O)C(O)[C@H](N)CC1CCCCC1. The molecule has 7 heteroatoms. The van der Waals surface area contributed by atoms with Crippen LogP contribution in [0.1, 0.15) is 45.4 Å². The maximum Gasteiger partial charge on any atom is 0.334 e. The number of hydroxylamine groups is 1. The summed E-state index contributed by atoms with van der Waals surface area (Å²) >= 11 is 0. The van der Waals surface area contributed by atoms with Crippen molar-refractivity contribution in [3.8, 4) is 0 Å². The Balaban J connectivity index is 2.23. The fourth-order valence-electron chi connectivity index (χ4n) is 2.56. The number of amides is 1. The van der Waals surface area contributed by atoms with E-state index in [0.717, 1.165) is 12.8 Å². The molecule has 21 heavy (non-hydrogen) atoms. The van der Waals surface area contributed by atoms with Gasteiger partial charge in [0.2, 0.25) is 0 Å². The van der Waals surface area contributed by atoms with Gasteiger partial charge in [0.1, 0.15) is 6.10 Å². The zero-order valence-electron chi connectivity index (χ0n) is 12.5. The Kier molecular flexibility index (Phi) is 8.26. The third-order valence-electron chi connectivity index (χ3n) is 3.67. The molecule has 0 aliphatic heterocycles. The fraction of sp³-hybridized carbons (Fsp3) is 0.857. The average molecular weight is 302 g/mol. The maximum absolute atomic E-state index is 11.6. The fourth-order valence-corrected chi connectivity index (χ4v) is 2.56. The third kappa shape index (κ3) is 6.88. The molecule has 1 rings (SSSR count). The molecule has 0 aromatic carbocycles. The van der Waals surface area contributed by atoms with Gasteiger partial charge in [-0.05, 0) is 19.3 Å². The van der Waals surface area contributed by atoms with Crippen molar-refractivity contribution in [2.24, 2.45) is 11.7 Å². The van der Waals surface area contributed by atoms with Crippen LogP contribution in [0.3, 0.4) is 0 Å². The van der Waals surface area contributed by atoms with Crippen LogP contribution in [0.2, 0.25) is 0 Å². The lowest BCUT2D eigenvalue weighted by Gasteiger charge is -2.26. The Morgan fingerprint density at radius 2 is 2.00 bits per heavy atom. The van der Waals surface area contributed by atoms with Gasteiger partial charge in [0, 0.05) is 6.04 Å². The zero-order chi connectivity index (χ0) is 15.7. The maximum atomic E-state index is 11.6. The highest BCUT2D eigenvalue weighted by atomic mass is 16.7. The zero-order valence-corrected chi connectivity index (χ0v) is 12.5. The van der Waals surface area contributed by atoms with Crippen molar-refractivity contribution < 1.29 is 24.3 Å². The monoisotopic (exact) mass is 302 g/mol. The second-order valence-corrected chi connectivity index (χ2v) is 5.41. The van der Waals surface area contributed by atoms with Gasteiger partial charge in [-0.25, -0.2) is 10.3 Å². The second-order valence-electron chi connectivity index (χ2n) is 5.41. The molecule has 0 aromatic rings. The Hall–Kier alpha value is -1.18. The van der Waals surface area contributed by atoms with Crippen molar-refractivity contribution in [2.45, 2.75) is 57.6 Å². The van der Waals surface area contributed by atoms with Crippen molar-refractivity contribution >= 4 is 11.9 Å². The lowest BCUT2D eigenvalue weighted by atomic mass is 9.84. The molecule has 1 aliphatic rings. The first-order chi connectivity index (χ1) is 10.0. The van der Waals surface area contributed by atoms with Gasteiger partial charge in [0.15, 0.2) is 6.61 Å². The van der Waals surface area contributed by atoms with Crippen molar-refractivity contribution in [1.29, 1.82) is 0 Å². The molecule has 0 radical (unpaired) electrons. The van der Waals surface area contributed by atoms with Gasteiger partial charge in [-0.15, -0.1) is 0 Å². The Labute approximate surface area is 125 Å². The quantitative estimate of drug-likeness (QED) is 0.438. The molecule has 0 bridgehead atoms. The molecule has 1 unspecified atom stereocenters. The molecule has 0 spiro atoms. The summed E-state index contributed by atoms with van der Waals surface area (Å²) in [6, 6.07) is -0.626. The first kappa shape index (κ1) is 17.9. The molecule has 4 N–H and O–H groups in total. The first-order valence-electron chi connectivity index (χ1n) is 7.55. The van der Waals surface area contributed by atoms with Crippen LogP contribution in [0.25, 0.3) is 0 Å². The highest BCUT2D eigenvalue weighted by Gasteiger charge is 2.26. The summed E-state index contributed by atoms with van der Waals surface area (Å²) in [4.78, 5) is 27.3. The molecule has 0 saturated heterocycles. The topological polar surface area (TPSA) is 111 Å². The summed E-state index contributed by atoms with van der Waals surface area (Å²) in [6.45, 7) is 1.51. The van der Waals surface area contributed by atoms with Crippen LogP contribution in [0, 0.1) is 5.92 Å². The van der Waals surface area contributed by atoms with Gasteiger partial charge in [-0.3, -0.25) is 9.63 Å². The normalized spacial score (nSPS) is 18.8. The molecule has 2 atom stereocenters. The third-order valence-corrected chi connectivity index (χ3v) is 3.67. The van der Waals surface area contributed by atoms with E-state index in [4.69, 9.17) is 5.73 Å². The molecule has 1 aliphatic carbocycles. The Morgan fingerprint density at radius 3 is 2.62 bits per heavy atom. The minimum atomic E-state index is -1.34. The summed E-state index contributed by atoms with van der Waals surface area (Å²) in [5, 5.41) is 9.85. The number of carbonyl (C=O) groups is 2. The van der Waals surface area contributed by atoms with Crippen molar-refractivity contribution in [2.75, 3.05) is 13.2 Å². The molecule has 1 fully saturated rings. The number of esters is 1. The highest BCUT2D eigenvalue weighted by molar-refractivity contribution is 5.80. The predicted molar refractivity (Wildman–Crippen MR) is 75.9 cm³/mol. The first-order valence-corrected chi connectivity index (χ1v) is 7.55. The summed E-state index contributed by atoms with van der Waals surface area (Å²) in [6.07, 6.45) is 5.09. The molecule has 0 heterocycles. The molecule has 1 amide bonds. The number of aliphatic hydroxyl groups is 1. The summed E-state index contributed by atoms with van der Waals surface area (Å²) in [5.41, 5.74) is 7.89. The largest absolute Gasteiger partial charge is 0.464 e. The lowest BCUT2D eigenvalue weighted by molar-refractivity contribution is -0.157. The number of hydrogen-bond acceptors (Lipinski definition) is 6. The predicted octanol–water partition coefficient (Wildman–Crippen LogP) is 0.256. The van der Waals surface area contributed by atoms with Gasteiger partial charge in [0.25, 0.3) is 5.91 Å². The van der Waals surface area contributed by atoms with Gasteiger partial charge >= 0.3 is 5.97 Å². The molecule has 0 aromatic heterocycles. The average Bonchev–Trinajstić information content (AvgIpc) is 2.47. The van der Waals surface area contributed by atoms with Crippen molar-refractivity contribution in [1.82, 2.24) is 5.48 Å². The van der Waals surface area contributed by atoms with Crippen LogP contribution < -0.4 is 11.2 Å². The smallest absolute Gasteiger partial charge is 0.334 e. The summed E-state index contributed by atoms with van der Waals surface area (Å²) in [5.74, 6) is -0.849. The molecular formula is C14H26N2O5. The van der Waals surface area contributed by atoms with Gasteiger partial charge < -0.3 is 15.6 Å². The van der Waals surface area contributed by atoms with E-state index in [1.54, 1.807) is 6.92 Å². The van der Waals surface area contributed by atoms with E-state index < -0.39 is 30.6 Å². The number of hydrogen-bond donors (Lipinski definition) is 3. The van der Waals surface area contributed by atoms with Crippen LogP contribution >= 0.6 is 0 Å². The van der Waals surface area contributed by atoms with Crippen molar-refractivity contribution in [3.63, 3.8) is 0 Å². The van der Waals surface area contributed by atoms with E-state index in [1.807, 2.05) is 5.48 Å². The van der Waals surface area contributed by atoms with Gasteiger partial charge in [-0.2, -0.15) is 0 Å². The van der Waals surface area contributed by atoms with Crippen LogP contribution in [-0.4, -0.2) is 42.3 Å². The van der Waals surface area contributed by atoms with Crippen LogP contribution in [0.15, 0.2) is 0 Å². The van der Waals surface area contributed by atoms with E-state index in [-0.39, 0.29) is 6.61 Å². The number of ether oxygens (including phenoxy) is 1. The molecule has 122 valence electrons. The van der Waals surface area contributed by atoms with E-state index in [1.165, 1.54) is 19.3 Å². The number of rotatable bonds is 8. The minimum Gasteiger partial charge on any atom is -0.464 e. The number of aliphatic hydroxyl groups excluding tert-OH is 1. The molecular weight excluding hydrogens is 276 g/mol. The summed E-state index contributed by atoms with van der Waals surface area (Å²) < 4.78 is 4.63. The van der Waals surface area contributed by atoms with E-state index in [0.29, 0.717) is 12.3 Å². The number of nitrogens with two attached hydrogens (primary N) is 1. The van der Waals surface area contributed by atoms with E-state index in [9.17, 15) is 14.7 Å². The standard InChI is InChI=1S/C14H26N2O5/c1-2-20-12(17)9-21-16-14(19)13(18)11(15)8-10-6-4-3-5-7-10/h10-11,13,18H,2-9,15H2,1H3,(H,16,19)/t11-,13?/m1/s1. The second kappa shape index (κ2) is 9.70. The molecule has 7 nitrogen and oxygen atoms in total. The van der Waals surface area contributed by atoms with Gasteiger partial charge in [0.05, 0.1) is 6.61 Å². The Morgan fingerprint density at radius 1 is 1.33 bits per heavy atom. The van der Waals surface area contributed by atoms with Crippen molar-refractivity contribution in [3.05, 3.63) is 0 Å². The summed E-state index contributed by atoms with van der Waals surface area (Å²) in [7, 11) is 0. The lowest BCUT2D eigenvalue weighted by Crippen LogP contribution is -2.47. The highest BCUT2D eigenvalue weighted by Crippen LogP contribution is 2.27. The Bertz CT molecular complexity index is 331.